The summed E-state index contributed by atoms with van der Waals surface area (Å²) >= 11 is 0. The lowest BCUT2D eigenvalue weighted by atomic mass is 10.4. The lowest BCUT2D eigenvalue weighted by molar-refractivity contribution is -0.144. The standard InChI is InChI=1S/C8H10F3N3/c1-2-14-3-5-6(4-14)13-7(12-5)8(9,10)11/h2-4H2,1H3,(H,12,13). The van der Waals surface area contributed by atoms with Gasteiger partial charge in [-0.25, -0.2) is 4.98 Å². The van der Waals surface area contributed by atoms with E-state index in [1.165, 1.54) is 0 Å². The van der Waals surface area contributed by atoms with Crippen molar-refractivity contribution < 1.29 is 13.2 Å². The number of alkyl halides is 3. The number of hydrogen-bond acceptors (Lipinski definition) is 2. The summed E-state index contributed by atoms with van der Waals surface area (Å²) in [5, 5.41) is 0. The molecule has 6 heteroatoms. The molecule has 0 spiro atoms. The second-order valence-electron chi connectivity index (χ2n) is 3.31. The van der Waals surface area contributed by atoms with Crippen LogP contribution >= 0.6 is 0 Å². The summed E-state index contributed by atoms with van der Waals surface area (Å²) in [6.07, 6.45) is -4.36. The molecule has 2 rings (SSSR count). The molecule has 0 bridgehead atoms. The third-order valence-electron chi connectivity index (χ3n) is 2.34. The smallest absolute Gasteiger partial charge is 0.337 e. The lowest BCUT2D eigenvalue weighted by Gasteiger charge is -2.10. The van der Waals surface area contributed by atoms with Crippen LogP contribution in [0.4, 0.5) is 13.2 Å². The molecule has 1 aromatic heterocycles. The minimum absolute atomic E-state index is 0.512. The van der Waals surface area contributed by atoms with Gasteiger partial charge in [-0.05, 0) is 6.54 Å². The van der Waals surface area contributed by atoms with Gasteiger partial charge in [0.1, 0.15) is 0 Å². The number of aromatic amines is 1. The van der Waals surface area contributed by atoms with Gasteiger partial charge in [-0.15, -0.1) is 0 Å². The van der Waals surface area contributed by atoms with Gasteiger partial charge in [-0.3, -0.25) is 4.90 Å². The van der Waals surface area contributed by atoms with Crippen molar-refractivity contribution in [1.29, 1.82) is 0 Å². The highest BCUT2D eigenvalue weighted by molar-refractivity contribution is 5.20. The van der Waals surface area contributed by atoms with E-state index in [2.05, 4.69) is 9.97 Å². The highest BCUT2D eigenvalue weighted by atomic mass is 19.4. The summed E-state index contributed by atoms with van der Waals surface area (Å²) in [5.41, 5.74) is 1.12. The monoisotopic (exact) mass is 205 g/mol. The fourth-order valence-electron chi connectivity index (χ4n) is 1.56. The minimum atomic E-state index is -4.36. The number of imidazole rings is 1. The first-order valence-corrected chi connectivity index (χ1v) is 4.38. The number of halogens is 3. The zero-order valence-corrected chi connectivity index (χ0v) is 7.65. The summed E-state index contributed by atoms with van der Waals surface area (Å²) in [6.45, 7) is 3.84. The Balaban J connectivity index is 2.23. The molecular formula is C8H10F3N3. The van der Waals surface area contributed by atoms with E-state index in [0.717, 1.165) is 6.54 Å². The number of aromatic nitrogens is 2. The van der Waals surface area contributed by atoms with Gasteiger partial charge >= 0.3 is 6.18 Å². The quantitative estimate of drug-likeness (QED) is 0.757. The molecule has 0 amide bonds. The number of hydrogen-bond donors (Lipinski definition) is 1. The normalized spacial score (nSPS) is 17.4. The Morgan fingerprint density at radius 1 is 1.43 bits per heavy atom. The van der Waals surface area contributed by atoms with Crippen molar-refractivity contribution in [2.75, 3.05) is 6.54 Å². The van der Waals surface area contributed by atoms with Crippen LogP contribution in [0.2, 0.25) is 0 Å². The summed E-state index contributed by atoms with van der Waals surface area (Å²) < 4.78 is 36.6. The Morgan fingerprint density at radius 3 is 2.64 bits per heavy atom. The van der Waals surface area contributed by atoms with Crippen LogP contribution in [0.1, 0.15) is 24.1 Å². The van der Waals surface area contributed by atoms with Crippen LogP contribution in [0.25, 0.3) is 0 Å². The number of nitrogens with zero attached hydrogens (tertiary/aromatic N) is 2. The molecule has 14 heavy (non-hydrogen) atoms. The van der Waals surface area contributed by atoms with E-state index in [9.17, 15) is 13.2 Å². The maximum Gasteiger partial charge on any atom is 0.449 e. The van der Waals surface area contributed by atoms with E-state index in [4.69, 9.17) is 0 Å². The SMILES string of the molecule is CCN1Cc2nc(C(F)(F)F)[nH]c2C1. The summed E-state index contributed by atoms with van der Waals surface area (Å²) in [5.74, 6) is -0.877. The first kappa shape index (κ1) is 9.51. The minimum Gasteiger partial charge on any atom is -0.337 e. The molecule has 0 unspecified atom stereocenters. The third kappa shape index (κ3) is 1.50. The van der Waals surface area contributed by atoms with Crippen LogP contribution in [0.15, 0.2) is 0 Å². The highest BCUT2D eigenvalue weighted by Crippen LogP contribution is 2.30. The van der Waals surface area contributed by atoms with Gasteiger partial charge in [0, 0.05) is 13.1 Å². The molecule has 1 aliphatic rings. The largest absolute Gasteiger partial charge is 0.449 e. The van der Waals surface area contributed by atoms with Crippen LogP contribution in [-0.4, -0.2) is 21.4 Å². The Labute approximate surface area is 78.9 Å². The molecule has 0 fully saturated rings. The van der Waals surface area contributed by atoms with Crippen LogP contribution in [0.5, 0.6) is 0 Å². The molecular weight excluding hydrogens is 195 g/mol. The number of fused-ring (bicyclic) bond motifs is 1. The summed E-state index contributed by atoms with van der Waals surface area (Å²) in [7, 11) is 0. The van der Waals surface area contributed by atoms with E-state index >= 15 is 0 Å². The summed E-state index contributed by atoms with van der Waals surface area (Å²) in [4.78, 5) is 7.88. The third-order valence-corrected chi connectivity index (χ3v) is 2.34. The highest BCUT2D eigenvalue weighted by Gasteiger charge is 2.37. The topological polar surface area (TPSA) is 31.9 Å². The molecule has 0 saturated carbocycles. The van der Waals surface area contributed by atoms with E-state index in [-0.39, 0.29) is 0 Å². The van der Waals surface area contributed by atoms with Crippen molar-refractivity contribution >= 4 is 0 Å². The van der Waals surface area contributed by atoms with Gasteiger partial charge < -0.3 is 4.98 Å². The number of nitrogens with one attached hydrogen (secondary N) is 1. The van der Waals surface area contributed by atoms with Crippen molar-refractivity contribution in [3.63, 3.8) is 0 Å². The second kappa shape index (κ2) is 2.98. The van der Waals surface area contributed by atoms with Gasteiger partial charge in [-0.2, -0.15) is 13.2 Å². The first-order valence-electron chi connectivity index (χ1n) is 4.38. The first-order chi connectivity index (χ1) is 6.50. The molecule has 0 radical (unpaired) electrons. The van der Waals surface area contributed by atoms with Crippen molar-refractivity contribution in [3.8, 4) is 0 Å². The van der Waals surface area contributed by atoms with E-state index in [0.29, 0.717) is 24.5 Å². The molecule has 0 saturated heterocycles. The van der Waals surface area contributed by atoms with Crippen molar-refractivity contribution in [1.82, 2.24) is 14.9 Å². The molecule has 1 aromatic rings. The van der Waals surface area contributed by atoms with E-state index in [1.807, 2.05) is 11.8 Å². The molecule has 78 valence electrons. The molecule has 3 nitrogen and oxygen atoms in total. The molecule has 2 heterocycles. The molecule has 0 atom stereocenters. The lowest BCUT2D eigenvalue weighted by Crippen LogP contribution is -2.17. The average Bonchev–Trinajstić information content (AvgIpc) is 2.56. The molecule has 1 N–H and O–H groups in total. The zero-order chi connectivity index (χ0) is 10.3. The maximum absolute atomic E-state index is 12.2. The Morgan fingerprint density at radius 2 is 2.14 bits per heavy atom. The van der Waals surface area contributed by atoms with E-state index < -0.39 is 12.0 Å². The summed E-state index contributed by atoms with van der Waals surface area (Å²) in [6, 6.07) is 0. The Bertz CT molecular complexity index is 319. The van der Waals surface area contributed by atoms with Gasteiger partial charge in [-0.1, -0.05) is 6.92 Å². The molecule has 0 aliphatic carbocycles. The molecule has 0 aromatic carbocycles. The number of rotatable bonds is 1. The second-order valence-corrected chi connectivity index (χ2v) is 3.31. The van der Waals surface area contributed by atoms with Crippen LogP contribution in [0.3, 0.4) is 0 Å². The van der Waals surface area contributed by atoms with Crippen LogP contribution in [-0.2, 0) is 19.3 Å². The Hall–Kier alpha value is -1.04. The maximum atomic E-state index is 12.2. The van der Waals surface area contributed by atoms with Gasteiger partial charge in [0.2, 0.25) is 5.82 Å². The van der Waals surface area contributed by atoms with Crippen molar-refractivity contribution in [3.05, 3.63) is 17.2 Å². The average molecular weight is 205 g/mol. The van der Waals surface area contributed by atoms with Gasteiger partial charge in [0.15, 0.2) is 0 Å². The van der Waals surface area contributed by atoms with E-state index in [1.54, 1.807) is 0 Å². The fraction of sp³-hybridized carbons (Fsp3) is 0.625. The predicted molar refractivity (Wildman–Crippen MR) is 43.4 cm³/mol. The van der Waals surface area contributed by atoms with Gasteiger partial charge in [0.05, 0.1) is 11.4 Å². The molecule has 1 aliphatic heterocycles. The van der Waals surface area contributed by atoms with Crippen LogP contribution < -0.4 is 0 Å². The van der Waals surface area contributed by atoms with Crippen molar-refractivity contribution in [2.24, 2.45) is 0 Å². The predicted octanol–water partition coefficient (Wildman–Crippen LogP) is 1.76. The van der Waals surface area contributed by atoms with Crippen molar-refractivity contribution in [2.45, 2.75) is 26.2 Å². The van der Waals surface area contributed by atoms with Crippen LogP contribution in [0, 0.1) is 0 Å². The Kier molecular flexibility index (Phi) is 2.02. The van der Waals surface area contributed by atoms with Gasteiger partial charge in [0.25, 0.3) is 0 Å². The number of H-pyrrole nitrogens is 1. The zero-order valence-electron chi connectivity index (χ0n) is 7.65. The fourth-order valence-corrected chi connectivity index (χ4v) is 1.56.